The van der Waals surface area contributed by atoms with Crippen LogP contribution >= 0.6 is 0 Å². The van der Waals surface area contributed by atoms with E-state index in [9.17, 15) is 0 Å². The highest BCUT2D eigenvalue weighted by molar-refractivity contribution is 4.90. The van der Waals surface area contributed by atoms with Crippen LogP contribution in [-0.2, 0) is 0 Å². The minimum absolute atomic E-state index is 0.567. The van der Waals surface area contributed by atoms with Gasteiger partial charge < -0.3 is 10.2 Å². The van der Waals surface area contributed by atoms with Gasteiger partial charge in [-0.05, 0) is 44.1 Å². The van der Waals surface area contributed by atoms with Crippen LogP contribution in [-0.4, -0.2) is 37.6 Å². The van der Waals surface area contributed by atoms with Crippen molar-refractivity contribution in [3.63, 3.8) is 0 Å². The van der Waals surface area contributed by atoms with Crippen LogP contribution in [0.25, 0.3) is 0 Å². The molecule has 2 fully saturated rings. The molecule has 0 atom stereocenters. The lowest BCUT2D eigenvalue weighted by Crippen LogP contribution is -2.44. The van der Waals surface area contributed by atoms with Gasteiger partial charge in [-0.15, -0.1) is 0 Å². The Labute approximate surface area is 120 Å². The molecule has 0 heterocycles. The minimum Gasteiger partial charge on any atom is -0.314 e. The van der Waals surface area contributed by atoms with E-state index in [0.29, 0.717) is 11.5 Å². The summed E-state index contributed by atoms with van der Waals surface area (Å²) in [7, 11) is 2.35. The molecule has 0 saturated heterocycles. The number of rotatable bonds is 7. The predicted octanol–water partition coefficient (Wildman–Crippen LogP) is 3.67. The molecule has 0 bridgehead atoms. The Kier molecular flexibility index (Phi) is 5.70. The summed E-state index contributed by atoms with van der Waals surface area (Å²) < 4.78 is 0. The predicted molar refractivity (Wildman–Crippen MR) is 83.5 cm³/mol. The summed E-state index contributed by atoms with van der Waals surface area (Å²) in [6.45, 7) is 8.40. The van der Waals surface area contributed by atoms with Crippen LogP contribution < -0.4 is 5.32 Å². The minimum atomic E-state index is 0.567. The molecule has 0 aromatic carbocycles. The molecule has 0 radical (unpaired) electrons. The number of nitrogens with zero attached hydrogens (tertiary/aromatic N) is 1. The molecule has 0 aromatic rings. The molecular formula is C17H34N2. The van der Waals surface area contributed by atoms with Crippen molar-refractivity contribution in [2.45, 2.75) is 71.3 Å². The summed E-state index contributed by atoms with van der Waals surface area (Å²) in [5, 5.41) is 3.70. The molecule has 2 nitrogen and oxygen atoms in total. The van der Waals surface area contributed by atoms with Gasteiger partial charge >= 0.3 is 0 Å². The second-order valence-electron chi connectivity index (χ2n) is 7.59. The molecule has 2 heteroatoms. The monoisotopic (exact) mass is 266 g/mol. The first kappa shape index (κ1) is 15.3. The first-order valence-corrected chi connectivity index (χ1v) is 8.52. The zero-order chi connectivity index (χ0) is 13.7. The van der Waals surface area contributed by atoms with Crippen LogP contribution in [0.1, 0.15) is 65.2 Å². The largest absolute Gasteiger partial charge is 0.314 e. The van der Waals surface area contributed by atoms with Gasteiger partial charge in [-0.2, -0.15) is 0 Å². The maximum absolute atomic E-state index is 3.70. The van der Waals surface area contributed by atoms with Crippen LogP contribution in [0.3, 0.4) is 0 Å². The summed E-state index contributed by atoms with van der Waals surface area (Å²) in [6.07, 6.45) is 11.6. The van der Waals surface area contributed by atoms with Crippen LogP contribution in [0.5, 0.6) is 0 Å². The van der Waals surface area contributed by atoms with E-state index in [1.165, 1.54) is 71.0 Å². The third-order valence-electron chi connectivity index (χ3n) is 5.20. The Morgan fingerprint density at radius 1 is 1.11 bits per heavy atom. The summed E-state index contributed by atoms with van der Waals surface area (Å²) in [5.41, 5.74) is 0.567. The van der Waals surface area contributed by atoms with Crippen molar-refractivity contribution in [3.05, 3.63) is 0 Å². The van der Waals surface area contributed by atoms with Gasteiger partial charge in [-0.1, -0.05) is 39.5 Å². The maximum atomic E-state index is 3.70. The van der Waals surface area contributed by atoms with Crippen LogP contribution in [0.4, 0.5) is 0 Å². The number of hydrogen-bond donors (Lipinski definition) is 1. The summed E-state index contributed by atoms with van der Waals surface area (Å²) in [4.78, 5) is 2.64. The van der Waals surface area contributed by atoms with Crippen molar-refractivity contribution < 1.29 is 0 Å². The maximum Gasteiger partial charge on any atom is 0.00472 e. The highest BCUT2D eigenvalue weighted by atomic mass is 15.1. The third kappa shape index (κ3) is 4.75. The zero-order valence-electron chi connectivity index (χ0n) is 13.4. The first-order valence-electron chi connectivity index (χ1n) is 8.52. The van der Waals surface area contributed by atoms with Gasteiger partial charge in [0.1, 0.15) is 0 Å². The quantitative estimate of drug-likeness (QED) is 0.756. The van der Waals surface area contributed by atoms with Gasteiger partial charge in [0.25, 0.3) is 0 Å². The van der Waals surface area contributed by atoms with Crippen molar-refractivity contribution in [2.75, 3.05) is 26.7 Å². The van der Waals surface area contributed by atoms with E-state index >= 15 is 0 Å². The van der Waals surface area contributed by atoms with E-state index in [1.807, 2.05) is 0 Å². The molecule has 19 heavy (non-hydrogen) atoms. The third-order valence-corrected chi connectivity index (χ3v) is 5.20. The molecule has 2 aliphatic carbocycles. The number of nitrogens with one attached hydrogen (secondary N) is 1. The smallest absolute Gasteiger partial charge is 0.00472 e. The summed E-state index contributed by atoms with van der Waals surface area (Å²) in [6, 6.07) is 0.623. The SMILES string of the molecule is CC(C)NCC1(CN(C)CC2CCCC2)CCCC1. The van der Waals surface area contributed by atoms with E-state index < -0.39 is 0 Å². The Balaban J connectivity index is 1.81. The van der Waals surface area contributed by atoms with E-state index in [4.69, 9.17) is 0 Å². The molecule has 1 N–H and O–H groups in total. The highest BCUT2D eigenvalue weighted by Gasteiger charge is 2.35. The molecule has 2 saturated carbocycles. The Morgan fingerprint density at radius 2 is 1.74 bits per heavy atom. The molecule has 0 unspecified atom stereocenters. The molecule has 0 aliphatic heterocycles. The van der Waals surface area contributed by atoms with Gasteiger partial charge in [0.05, 0.1) is 0 Å². The fraction of sp³-hybridized carbons (Fsp3) is 1.00. The highest BCUT2D eigenvalue weighted by Crippen LogP contribution is 2.38. The van der Waals surface area contributed by atoms with Crippen molar-refractivity contribution >= 4 is 0 Å². The molecule has 2 rings (SSSR count). The van der Waals surface area contributed by atoms with Crippen LogP contribution in [0.15, 0.2) is 0 Å². The van der Waals surface area contributed by atoms with Gasteiger partial charge in [-0.3, -0.25) is 0 Å². The fourth-order valence-electron chi connectivity index (χ4n) is 4.21. The first-order chi connectivity index (χ1) is 9.10. The standard InChI is InChI=1S/C17H34N2/c1-15(2)18-13-17(10-6-7-11-17)14-19(3)12-16-8-4-5-9-16/h15-16,18H,4-14H2,1-3H3. The zero-order valence-corrected chi connectivity index (χ0v) is 13.4. The summed E-state index contributed by atoms with van der Waals surface area (Å²) >= 11 is 0. The Bertz CT molecular complexity index is 250. The second-order valence-corrected chi connectivity index (χ2v) is 7.59. The molecule has 0 amide bonds. The van der Waals surface area contributed by atoms with Crippen molar-refractivity contribution in [1.29, 1.82) is 0 Å². The van der Waals surface area contributed by atoms with Crippen LogP contribution in [0, 0.1) is 11.3 Å². The van der Waals surface area contributed by atoms with Gasteiger partial charge in [0, 0.05) is 25.7 Å². The van der Waals surface area contributed by atoms with Crippen molar-refractivity contribution in [1.82, 2.24) is 10.2 Å². The molecule has 0 spiro atoms. The Hall–Kier alpha value is -0.0800. The average Bonchev–Trinajstić information content (AvgIpc) is 2.99. The lowest BCUT2D eigenvalue weighted by atomic mass is 9.85. The van der Waals surface area contributed by atoms with Gasteiger partial charge in [0.2, 0.25) is 0 Å². The number of hydrogen-bond acceptors (Lipinski definition) is 2. The molecule has 2 aliphatic rings. The van der Waals surface area contributed by atoms with Gasteiger partial charge in [-0.25, -0.2) is 0 Å². The van der Waals surface area contributed by atoms with E-state index in [1.54, 1.807) is 0 Å². The van der Waals surface area contributed by atoms with E-state index in [-0.39, 0.29) is 0 Å². The van der Waals surface area contributed by atoms with Gasteiger partial charge in [0.15, 0.2) is 0 Å². The van der Waals surface area contributed by atoms with E-state index in [0.717, 1.165) is 5.92 Å². The van der Waals surface area contributed by atoms with Crippen LogP contribution in [0.2, 0.25) is 0 Å². The van der Waals surface area contributed by atoms with Crippen molar-refractivity contribution in [2.24, 2.45) is 11.3 Å². The van der Waals surface area contributed by atoms with E-state index in [2.05, 4.69) is 31.1 Å². The lowest BCUT2D eigenvalue weighted by molar-refractivity contribution is 0.154. The fourth-order valence-corrected chi connectivity index (χ4v) is 4.21. The topological polar surface area (TPSA) is 15.3 Å². The molecule has 0 aromatic heterocycles. The normalized spacial score (nSPS) is 23.8. The molecule has 112 valence electrons. The van der Waals surface area contributed by atoms with Crippen molar-refractivity contribution in [3.8, 4) is 0 Å². The average molecular weight is 266 g/mol. The Morgan fingerprint density at radius 3 is 2.32 bits per heavy atom. The molecular weight excluding hydrogens is 232 g/mol. The second kappa shape index (κ2) is 7.08. The summed E-state index contributed by atoms with van der Waals surface area (Å²) in [5.74, 6) is 0.988. The lowest BCUT2D eigenvalue weighted by Gasteiger charge is -2.35.